The molecule has 0 aromatic heterocycles. The van der Waals surface area contributed by atoms with E-state index in [4.69, 9.17) is 28.3 Å². The Kier molecular flexibility index (Phi) is 5.91. The van der Waals surface area contributed by atoms with Crippen molar-refractivity contribution < 1.29 is 18.3 Å². The van der Waals surface area contributed by atoms with Crippen molar-refractivity contribution >= 4 is 39.2 Å². The van der Waals surface area contributed by atoms with Gasteiger partial charge in [-0.05, 0) is 31.4 Å². The molecule has 0 spiro atoms. The Morgan fingerprint density at radius 3 is 2.52 bits per heavy atom. The minimum Gasteiger partial charge on any atom is -0.480 e. The van der Waals surface area contributed by atoms with E-state index in [-0.39, 0.29) is 27.5 Å². The van der Waals surface area contributed by atoms with Crippen molar-refractivity contribution in [1.82, 2.24) is 9.62 Å². The minimum atomic E-state index is -3.83. The zero-order chi connectivity index (χ0) is 17.2. The summed E-state index contributed by atoms with van der Waals surface area (Å²) < 4.78 is 27.8. The molecule has 0 bridgehead atoms. The first-order valence-electron chi connectivity index (χ1n) is 7.12. The number of halogens is 2. The maximum Gasteiger partial charge on any atom is 0.317 e. The standard InChI is InChI=1S/C14H18Cl2N2O4S/c1-9-2-3-11(15)14(13(9)16)23(21,22)17-10-4-6-18(7-5-10)8-12(19)20/h2-3,10,17H,4-8H2,1H3,(H,19,20). The van der Waals surface area contributed by atoms with Gasteiger partial charge in [-0.25, -0.2) is 13.1 Å². The average molecular weight is 381 g/mol. The van der Waals surface area contributed by atoms with E-state index in [1.54, 1.807) is 17.9 Å². The topological polar surface area (TPSA) is 86.7 Å². The van der Waals surface area contributed by atoms with E-state index < -0.39 is 16.0 Å². The summed E-state index contributed by atoms with van der Waals surface area (Å²) in [7, 11) is -3.83. The number of nitrogens with one attached hydrogen (secondary N) is 1. The van der Waals surface area contributed by atoms with E-state index in [0.29, 0.717) is 31.5 Å². The number of carbonyl (C=O) groups is 1. The van der Waals surface area contributed by atoms with Crippen molar-refractivity contribution in [2.24, 2.45) is 0 Å². The Hall–Kier alpha value is -0.860. The van der Waals surface area contributed by atoms with Gasteiger partial charge in [0.2, 0.25) is 10.0 Å². The lowest BCUT2D eigenvalue weighted by Crippen LogP contribution is -2.45. The fraction of sp³-hybridized carbons (Fsp3) is 0.500. The number of hydrogen-bond donors (Lipinski definition) is 2. The smallest absolute Gasteiger partial charge is 0.317 e. The molecule has 0 saturated carbocycles. The van der Waals surface area contributed by atoms with Crippen molar-refractivity contribution in [3.05, 3.63) is 27.7 Å². The summed E-state index contributed by atoms with van der Waals surface area (Å²) in [6.07, 6.45) is 1.07. The fourth-order valence-electron chi connectivity index (χ4n) is 2.56. The number of carboxylic acids is 1. The molecule has 1 aliphatic heterocycles. The minimum absolute atomic E-state index is 0.0327. The number of likely N-dealkylation sites (tertiary alicyclic amines) is 1. The number of piperidine rings is 1. The van der Waals surface area contributed by atoms with E-state index in [0.717, 1.165) is 0 Å². The lowest BCUT2D eigenvalue weighted by atomic mass is 10.1. The van der Waals surface area contributed by atoms with Gasteiger partial charge in [0.25, 0.3) is 0 Å². The Labute approximate surface area is 145 Å². The average Bonchev–Trinajstić information content (AvgIpc) is 2.44. The Bertz CT molecular complexity index is 701. The second-order valence-corrected chi connectivity index (χ2v) is 8.01. The Morgan fingerprint density at radius 2 is 1.96 bits per heavy atom. The molecule has 2 N–H and O–H groups in total. The second kappa shape index (κ2) is 7.36. The van der Waals surface area contributed by atoms with Crippen molar-refractivity contribution in [3.63, 3.8) is 0 Å². The summed E-state index contributed by atoms with van der Waals surface area (Å²) in [5.41, 5.74) is 0.632. The van der Waals surface area contributed by atoms with Gasteiger partial charge >= 0.3 is 5.97 Å². The van der Waals surface area contributed by atoms with Crippen LogP contribution in [0.3, 0.4) is 0 Å². The molecule has 0 unspecified atom stereocenters. The van der Waals surface area contributed by atoms with Crippen molar-refractivity contribution in [2.45, 2.75) is 30.7 Å². The third kappa shape index (κ3) is 4.58. The Balaban J connectivity index is 2.09. The van der Waals surface area contributed by atoms with Crippen LogP contribution in [0.5, 0.6) is 0 Å². The molecule has 1 aromatic carbocycles. The van der Waals surface area contributed by atoms with Crippen LogP contribution in [-0.2, 0) is 14.8 Å². The van der Waals surface area contributed by atoms with Gasteiger partial charge in [-0.1, -0.05) is 29.3 Å². The molecule has 1 heterocycles. The van der Waals surface area contributed by atoms with Gasteiger partial charge in [0.15, 0.2) is 0 Å². The molecule has 128 valence electrons. The molecule has 23 heavy (non-hydrogen) atoms. The number of rotatable bonds is 5. The predicted molar refractivity (Wildman–Crippen MR) is 88.6 cm³/mol. The van der Waals surface area contributed by atoms with Gasteiger partial charge in [-0.3, -0.25) is 9.69 Å². The summed E-state index contributed by atoms with van der Waals surface area (Å²) in [4.78, 5) is 12.4. The largest absolute Gasteiger partial charge is 0.480 e. The second-order valence-electron chi connectivity index (χ2n) is 5.57. The van der Waals surface area contributed by atoms with Gasteiger partial charge in [0, 0.05) is 19.1 Å². The predicted octanol–water partition coefficient (Wildman–Crippen LogP) is 2.13. The van der Waals surface area contributed by atoms with Gasteiger partial charge < -0.3 is 5.11 Å². The number of aryl methyl sites for hydroxylation is 1. The highest BCUT2D eigenvalue weighted by Crippen LogP contribution is 2.32. The number of hydrogen-bond acceptors (Lipinski definition) is 4. The number of nitrogens with zero attached hydrogens (tertiary/aromatic N) is 1. The van der Waals surface area contributed by atoms with Crippen LogP contribution in [0.2, 0.25) is 10.0 Å². The normalized spacial score (nSPS) is 17.3. The molecule has 1 aromatic rings. The maximum absolute atomic E-state index is 12.6. The summed E-state index contributed by atoms with van der Waals surface area (Å²) in [6.45, 7) is 2.72. The number of carboxylic acid groups (broad SMARTS) is 1. The van der Waals surface area contributed by atoms with Gasteiger partial charge in [-0.2, -0.15) is 0 Å². The monoisotopic (exact) mass is 380 g/mol. The van der Waals surface area contributed by atoms with E-state index in [9.17, 15) is 13.2 Å². The van der Waals surface area contributed by atoms with Gasteiger partial charge in [0.05, 0.1) is 16.6 Å². The lowest BCUT2D eigenvalue weighted by molar-refractivity contribution is -0.138. The molecule has 2 rings (SSSR count). The molecular weight excluding hydrogens is 363 g/mol. The number of sulfonamides is 1. The van der Waals surface area contributed by atoms with Crippen LogP contribution in [0.15, 0.2) is 17.0 Å². The Morgan fingerprint density at radius 1 is 1.35 bits per heavy atom. The molecule has 9 heteroatoms. The van der Waals surface area contributed by atoms with Gasteiger partial charge in [-0.15, -0.1) is 0 Å². The molecule has 0 aliphatic carbocycles. The first-order valence-corrected chi connectivity index (χ1v) is 9.35. The first kappa shape index (κ1) is 18.5. The van der Waals surface area contributed by atoms with Crippen molar-refractivity contribution in [1.29, 1.82) is 0 Å². The van der Waals surface area contributed by atoms with E-state index in [2.05, 4.69) is 4.72 Å². The van der Waals surface area contributed by atoms with Crippen LogP contribution in [0, 0.1) is 6.92 Å². The van der Waals surface area contributed by atoms with E-state index >= 15 is 0 Å². The molecule has 1 fully saturated rings. The molecule has 6 nitrogen and oxygen atoms in total. The third-order valence-corrected chi connectivity index (χ3v) is 6.41. The zero-order valence-electron chi connectivity index (χ0n) is 12.6. The third-order valence-electron chi connectivity index (χ3n) is 3.78. The van der Waals surface area contributed by atoms with Crippen LogP contribution in [0.25, 0.3) is 0 Å². The quantitative estimate of drug-likeness (QED) is 0.816. The van der Waals surface area contributed by atoms with Crippen molar-refractivity contribution in [3.8, 4) is 0 Å². The maximum atomic E-state index is 12.6. The lowest BCUT2D eigenvalue weighted by Gasteiger charge is -2.31. The van der Waals surface area contributed by atoms with Crippen molar-refractivity contribution in [2.75, 3.05) is 19.6 Å². The van der Waals surface area contributed by atoms with Crippen LogP contribution in [-0.4, -0.2) is 50.1 Å². The summed E-state index contributed by atoms with van der Waals surface area (Å²) >= 11 is 12.1. The molecule has 1 aliphatic rings. The van der Waals surface area contributed by atoms with Crippen LogP contribution < -0.4 is 4.72 Å². The van der Waals surface area contributed by atoms with Crippen LogP contribution in [0.4, 0.5) is 0 Å². The molecule has 0 radical (unpaired) electrons. The highest BCUT2D eigenvalue weighted by atomic mass is 35.5. The number of benzene rings is 1. The highest BCUT2D eigenvalue weighted by molar-refractivity contribution is 7.89. The van der Waals surface area contributed by atoms with E-state index in [1.807, 2.05) is 0 Å². The van der Waals surface area contributed by atoms with Crippen LogP contribution in [0.1, 0.15) is 18.4 Å². The molecular formula is C14H18Cl2N2O4S. The molecule has 0 atom stereocenters. The SMILES string of the molecule is Cc1ccc(Cl)c(S(=O)(=O)NC2CCN(CC(=O)O)CC2)c1Cl. The van der Waals surface area contributed by atoms with Crippen LogP contribution >= 0.6 is 23.2 Å². The number of aliphatic carboxylic acids is 1. The molecule has 1 saturated heterocycles. The summed E-state index contributed by atoms with van der Waals surface area (Å²) in [6, 6.07) is 2.90. The van der Waals surface area contributed by atoms with Gasteiger partial charge in [0.1, 0.15) is 4.90 Å². The molecule has 0 amide bonds. The fourth-order valence-corrected chi connectivity index (χ4v) is 5.05. The van der Waals surface area contributed by atoms with E-state index in [1.165, 1.54) is 6.07 Å². The summed E-state index contributed by atoms with van der Waals surface area (Å²) in [5.74, 6) is -0.887. The summed E-state index contributed by atoms with van der Waals surface area (Å²) in [5, 5.41) is 8.97. The zero-order valence-corrected chi connectivity index (χ0v) is 14.9. The first-order chi connectivity index (χ1) is 10.7. The highest BCUT2D eigenvalue weighted by Gasteiger charge is 2.28.